The largest absolute Gasteiger partial charge is 0.495 e. The zero-order valence-electron chi connectivity index (χ0n) is 14.0. The van der Waals surface area contributed by atoms with Gasteiger partial charge in [0.2, 0.25) is 5.91 Å². The van der Waals surface area contributed by atoms with Gasteiger partial charge in [0, 0.05) is 5.54 Å². The van der Waals surface area contributed by atoms with Crippen molar-refractivity contribution in [1.29, 1.82) is 0 Å². The number of carbonyl (C=O) groups is 1. The molecule has 1 heterocycles. The van der Waals surface area contributed by atoms with Crippen molar-refractivity contribution < 1.29 is 9.53 Å². The number of methoxy groups -OCH3 is 1. The van der Waals surface area contributed by atoms with Crippen molar-refractivity contribution in [3.05, 3.63) is 30.6 Å². The van der Waals surface area contributed by atoms with E-state index < -0.39 is 0 Å². The summed E-state index contributed by atoms with van der Waals surface area (Å²) in [7, 11) is 1.62. The van der Waals surface area contributed by atoms with Gasteiger partial charge in [-0.05, 0) is 39.8 Å². The van der Waals surface area contributed by atoms with Gasteiger partial charge in [0.05, 0.1) is 18.0 Å². The van der Waals surface area contributed by atoms with Crippen molar-refractivity contribution in [3.63, 3.8) is 0 Å². The number of nitrogens with one attached hydrogen (secondary N) is 1. The normalized spacial score (nSPS) is 12.7. The van der Waals surface area contributed by atoms with Gasteiger partial charge in [-0.3, -0.25) is 9.36 Å². The van der Waals surface area contributed by atoms with Crippen molar-refractivity contribution in [2.45, 2.75) is 43.6 Å². The van der Waals surface area contributed by atoms with E-state index in [1.54, 1.807) is 13.4 Å². The summed E-state index contributed by atoms with van der Waals surface area (Å²) in [4.78, 5) is 12.2. The smallest absolute Gasteiger partial charge is 0.233 e. The number of para-hydroxylation sites is 2. The third-order valence-electron chi connectivity index (χ3n) is 3.01. The van der Waals surface area contributed by atoms with E-state index in [2.05, 4.69) is 15.5 Å². The van der Waals surface area contributed by atoms with E-state index in [-0.39, 0.29) is 16.7 Å². The Labute approximate surface area is 140 Å². The zero-order valence-corrected chi connectivity index (χ0v) is 14.8. The Morgan fingerprint density at radius 3 is 2.70 bits per heavy atom. The van der Waals surface area contributed by atoms with Crippen LogP contribution in [0.2, 0.25) is 0 Å². The van der Waals surface area contributed by atoms with Crippen molar-refractivity contribution >= 4 is 17.7 Å². The number of benzene rings is 1. The maximum absolute atomic E-state index is 12.2. The van der Waals surface area contributed by atoms with Crippen molar-refractivity contribution in [3.8, 4) is 11.4 Å². The van der Waals surface area contributed by atoms with E-state index in [1.165, 1.54) is 11.8 Å². The molecule has 0 saturated heterocycles. The lowest BCUT2D eigenvalue weighted by Crippen LogP contribution is -2.44. The zero-order chi connectivity index (χ0) is 17.0. The monoisotopic (exact) mass is 334 g/mol. The van der Waals surface area contributed by atoms with Crippen molar-refractivity contribution in [2.24, 2.45) is 0 Å². The third kappa shape index (κ3) is 4.48. The first-order valence-electron chi connectivity index (χ1n) is 7.34. The number of amides is 1. The van der Waals surface area contributed by atoms with Crippen LogP contribution in [0.1, 0.15) is 27.7 Å². The van der Waals surface area contributed by atoms with Crippen LogP contribution in [0.4, 0.5) is 0 Å². The standard InChI is InChI=1S/C16H22N4O2S/c1-11(14(21)18-16(2,3)4)23-15-19-17-10-20(15)12-8-6-7-9-13(12)22-5/h6-11H,1-5H3,(H,18,21). The first-order chi connectivity index (χ1) is 10.8. The summed E-state index contributed by atoms with van der Waals surface area (Å²) in [6.45, 7) is 7.73. The molecule has 1 aromatic heterocycles. The molecular formula is C16H22N4O2S. The Kier molecular flexibility index (Phi) is 5.30. The van der Waals surface area contributed by atoms with Crippen LogP contribution in [0.3, 0.4) is 0 Å². The van der Waals surface area contributed by atoms with Gasteiger partial charge in [0.15, 0.2) is 5.16 Å². The fraction of sp³-hybridized carbons (Fsp3) is 0.438. The molecule has 1 N–H and O–H groups in total. The highest BCUT2D eigenvalue weighted by Gasteiger charge is 2.22. The molecule has 0 fully saturated rings. The van der Waals surface area contributed by atoms with Crippen LogP contribution < -0.4 is 10.1 Å². The van der Waals surface area contributed by atoms with Gasteiger partial charge in [0.1, 0.15) is 12.1 Å². The molecular weight excluding hydrogens is 312 g/mol. The summed E-state index contributed by atoms with van der Waals surface area (Å²) in [6, 6.07) is 7.62. The lowest BCUT2D eigenvalue weighted by atomic mass is 10.1. The van der Waals surface area contributed by atoms with E-state index in [9.17, 15) is 4.79 Å². The Morgan fingerprint density at radius 1 is 1.35 bits per heavy atom. The molecule has 1 atom stereocenters. The SMILES string of the molecule is COc1ccccc1-n1cnnc1SC(C)C(=O)NC(C)(C)C. The number of hydrogen-bond donors (Lipinski definition) is 1. The molecule has 2 aromatic rings. The van der Waals surface area contributed by atoms with E-state index in [0.29, 0.717) is 5.16 Å². The summed E-state index contributed by atoms with van der Waals surface area (Å²) < 4.78 is 7.20. The van der Waals surface area contributed by atoms with Crippen LogP contribution in [0, 0.1) is 0 Å². The first kappa shape index (κ1) is 17.3. The van der Waals surface area contributed by atoms with Crippen molar-refractivity contribution in [2.75, 3.05) is 7.11 Å². The second-order valence-corrected chi connectivity index (χ2v) is 7.46. The summed E-state index contributed by atoms with van der Waals surface area (Å²) in [5, 5.41) is 11.4. The quantitative estimate of drug-likeness (QED) is 0.851. The molecule has 0 saturated carbocycles. The summed E-state index contributed by atoms with van der Waals surface area (Å²) in [5.41, 5.74) is 0.577. The van der Waals surface area contributed by atoms with E-state index >= 15 is 0 Å². The number of thioether (sulfide) groups is 1. The topological polar surface area (TPSA) is 69.0 Å². The molecule has 0 radical (unpaired) electrons. The lowest BCUT2D eigenvalue weighted by Gasteiger charge is -2.22. The average Bonchev–Trinajstić information content (AvgIpc) is 2.93. The fourth-order valence-corrected chi connectivity index (χ4v) is 2.82. The molecule has 0 bridgehead atoms. The molecule has 1 amide bonds. The Hall–Kier alpha value is -2.02. The van der Waals surface area contributed by atoms with Gasteiger partial charge in [-0.1, -0.05) is 23.9 Å². The molecule has 0 aliphatic heterocycles. The van der Waals surface area contributed by atoms with Crippen LogP contribution in [0.15, 0.2) is 35.7 Å². The number of aromatic nitrogens is 3. The van der Waals surface area contributed by atoms with Gasteiger partial charge < -0.3 is 10.1 Å². The molecule has 0 spiro atoms. The number of hydrogen-bond acceptors (Lipinski definition) is 5. The van der Waals surface area contributed by atoms with Crippen LogP contribution >= 0.6 is 11.8 Å². The van der Waals surface area contributed by atoms with E-state index in [1.807, 2.05) is 56.5 Å². The lowest BCUT2D eigenvalue weighted by molar-refractivity contribution is -0.121. The summed E-state index contributed by atoms with van der Waals surface area (Å²) in [5.74, 6) is 0.693. The highest BCUT2D eigenvalue weighted by atomic mass is 32.2. The first-order valence-corrected chi connectivity index (χ1v) is 8.22. The number of rotatable bonds is 5. The predicted molar refractivity (Wildman–Crippen MR) is 91.1 cm³/mol. The minimum absolute atomic E-state index is 0.0305. The van der Waals surface area contributed by atoms with Gasteiger partial charge in [0.25, 0.3) is 0 Å². The minimum atomic E-state index is -0.285. The minimum Gasteiger partial charge on any atom is -0.495 e. The van der Waals surface area contributed by atoms with Crippen LogP contribution in [-0.2, 0) is 4.79 Å². The molecule has 7 heteroatoms. The predicted octanol–water partition coefficient (Wildman–Crippen LogP) is 2.67. The van der Waals surface area contributed by atoms with Crippen LogP contribution in [0.5, 0.6) is 5.75 Å². The van der Waals surface area contributed by atoms with Gasteiger partial charge in [-0.25, -0.2) is 0 Å². The molecule has 124 valence electrons. The molecule has 1 aromatic carbocycles. The molecule has 2 rings (SSSR count). The summed E-state index contributed by atoms with van der Waals surface area (Å²) in [6.07, 6.45) is 1.62. The second kappa shape index (κ2) is 7.04. The van der Waals surface area contributed by atoms with Gasteiger partial charge in [-0.2, -0.15) is 0 Å². The van der Waals surface area contributed by atoms with E-state index in [0.717, 1.165) is 11.4 Å². The average molecular weight is 334 g/mol. The Morgan fingerprint density at radius 2 is 2.04 bits per heavy atom. The number of carbonyl (C=O) groups excluding carboxylic acids is 1. The molecule has 0 aliphatic carbocycles. The number of nitrogens with zero attached hydrogens (tertiary/aromatic N) is 3. The van der Waals surface area contributed by atoms with Gasteiger partial charge >= 0.3 is 0 Å². The Bertz CT molecular complexity index is 679. The highest BCUT2D eigenvalue weighted by Crippen LogP contribution is 2.28. The molecule has 23 heavy (non-hydrogen) atoms. The van der Waals surface area contributed by atoms with Crippen molar-refractivity contribution in [1.82, 2.24) is 20.1 Å². The van der Waals surface area contributed by atoms with Gasteiger partial charge in [-0.15, -0.1) is 10.2 Å². The molecule has 0 aliphatic rings. The fourth-order valence-electron chi connectivity index (χ4n) is 1.98. The summed E-state index contributed by atoms with van der Waals surface area (Å²) >= 11 is 1.36. The second-order valence-electron chi connectivity index (χ2n) is 6.15. The van der Waals surface area contributed by atoms with Crippen LogP contribution in [0.25, 0.3) is 5.69 Å². The maximum Gasteiger partial charge on any atom is 0.233 e. The highest BCUT2D eigenvalue weighted by molar-refractivity contribution is 8.00. The van der Waals surface area contributed by atoms with E-state index in [4.69, 9.17) is 4.74 Å². The Balaban J connectivity index is 2.20. The molecule has 1 unspecified atom stereocenters. The molecule has 6 nitrogen and oxygen atoms in total. The third-order valence-corrected chi connectivity index (χ3v) is 4.07. The maximum atomic E-state index is 12.2. The number of ether oxygens (including phenoxy) is 1. The van der Waals surface area contributed by atoms with Crippen LogP contribution in [-0.4, -0.2) is 38.6 Å².